The molecule has 0 bridgehead atoms. The Balaban J connectivity index is 2.21. The number of rotatable bonds is 3. The molecule has 0 aliphatic rings. The molecule has 2 rings (SSSR count). The number of nitrogens with one attached hydrogen (secondary N) is 2. The highest BCUT2D eigenvalue weighted by molar-refractivity contribution is 7.10. The molecular weight excluding hydrogens is 224 g/mol. The van der Waals surface area contributed by atoms with Gasteiger partial charge in [-0.2, -0.15) is 0 Å². The number of carbonyl (C=O) groups excluding carboxylic acids is 1. The first-order valence-electron chi connectivity index (χ1n) is 4.71. The molecule has 0 saturated carbocycles. The number of carbonyl (C=O) groups is 1. The van der Waals surface area contributed by atoms with Crippen molar-refractivity contribution in [1.82, 2.24) is 9.97 Å². The lowest BCUT2D eigenvalue weighted by Gasteiger charge is -1.91. The second-order valence-corrected chi connectivity index (χ2v) is 4.27. The molecule has 0 aliphatic carbocycles. The van der Waals surface area contributed by atoms with Gasteiger partial charge in [0, 0.05) is 10.6 Å². The first kappa shape index (κ1) is 10.6. The standard InChI is InChI=1S/C11H10N2O2S/c1-7-10(13-11(15)12-7)9(14)5-4-8-3-2-6-16-8/h2-6H,1H3,(H2,12,13,15)/b5-4+. The average molecular weight is 234 g/mol. The zero-order valence-electron chi connectivity index (χ0n) is 8.61. The normalized spacial score (nSPS) is 11.1. The third kappa shape index (κ3) is 2.20. The van der Waals surface area contributed by atoms with Gasteiger partial charge in [-0.15, -0.1) is 11.3 Å². The van der Waals surface area contributed by atoms with Crippen molar-refractivity contribution in [1.29, 1.82) is 0 Å². The van der Waals surface area contributed by atoms with Gasteiger partial charge in [0.15, 0.2) is 0 Å². The Morgan fingerprint density at radius 3 is 2.81 bits per heavy atom. The molecule has 0 radical (unpaired) electrons. The van der Waals surface area contributed by atoms with E-state index in [-0.39, 0.29) is 11.5 Å². The summed E-state index contributed by atoms with van der Waals surface area (Å²) in [7, 11) is 0. The van der Waals surface area contributed by atoms with Gasteiger partial charge < -0.3 is 9.97 Å². The van der Waals surface area contributed by atoms with E-state index in [4.69, 9.17) is 0 Å². The van der Waals surface area contributed by atoms with Gasteiger partial charge >= 0.3 is 5.69 Å². The number of hydrogen-bond donors (Lipinski definition) is 2. The zero-order chi connectivity index (χ0) is 11.5. The van der Waals surface area contributed by atoms with E-state index in [1.54, 1.807) is 24.3 Å². The van der Waals surface area contributed by atoms with Crippen LogP contribution in [0.1, 0.15) is 21.1 Å². The summed E-state index contributed by atoms with van der Waals surface area (Å²) in [6.07, 6.45) is 3.19. The second-order valence-electron chi connectivity index (χ2n) is 3.29. The highest BCUT2D eigenvalue weighted by Gasteiger charge is 2.08. The van der Waals surface area contributed by atoms with Crippen LogP contribution in [-0.2, 0) is 0 Å². The van der Waals surface area contributed by atoms with Crippen molar-refractivity contribution < 1.29 is 4.79 Å². The Labute approximate surface area is 95.7 Å². The highest BCUT2D eigenvalue weighted by Crippen LogP contribution is 2.11. The van der Waals surface area contributed by atoms with Crippen molar-refractivity contribution in [3.8, 4) is 0 Å². The van der Waals surface area contributed by atoms with Gasteiger partial charge in [0.2, 0.25) is 5.78 Å². The van der Waals surface area contributed by atoms with E-state index < -0.39 is 0 Å². The first-order valence-corrected chi connectivity index (χ1v) is 5.59. The van der Waals surface area contributed by atoms with Gasteiger partial charge in [0.05, 0.1) is 0 Å². The molecule has 0 amide bonds. The Hall–Kier alpha value is -1.88. The van der Waals surface area contributed by atoms with Crippen LogP contribution in [0.15, 0.2) is 28.4 Å². The number of aromatic amines is 2. The summed E-state index contributed by atoms with van der Waals surface area (Å²) in [5.74, 6) is -0.204. The SMILES string of the molecule is Cc1[nH]c(=O)[nH]c1C(=O)/C=C/c1cccs1. The molecule has 2 N–H and O–H groups in total. The maximum Gasteiger partial charge on any atom is 0.323 e. The Bertz CT molecular complexity index is 575. The maximum atomic E-state index is 11.7. The van der Waals surface area contributed by atoms with Gasteiger partial charge in [0.1, 0.15) is 5.69 Å². The summed E-state index contributed by atoms with van der Waals surface area (Å²) in [6, 6.07) is 3.83. The number of imidazole rings is 1. The molecule has 0 saturated heterocycles. The van der Waals surface area contributed by atoms with Crippen LogP contribution in [0.5, 0.6) is 0 Å². The van der Waals surface area contributed by atoms with Crippen molar-refractivity contribution in [3.63, 3.8) is 0 Å². The molecule has 0 unspecified atom stereocenters. The van der Waals surface area contributed by atoms with Crippen molar-refractivity contribution in [2.45, 2.75) is 6.92 Å². The molecule has 0 atom stereocenters. The minimum atomic E-state index is -0.356. The van der Waals surface area contributed by atoms with Gasteiger partial charge in [-0.25, -0.2) is 4.79 Å². The summed E-state index contributed by atoms with van der Waals surface area (Å²) >= 11 is 1.55. The highest BCUT2D eigenvalue weighted by atomic mass is 32.1. The minimum Gasteiger partial charge on any atom is -0.310 e. The number of aryl methyl sites for hydroxylation is 1. The van der Waals surface area contributed by atoms with E-state index in [1.807, 2.05) is 17.5 Å². The summed E-state index contributed by atoms with van der Waals surface area (Å²) in [6.45, 7) is 1.68. The van der Waals surface area contributed by atoms with E-state index in [0.717, 1.165) is 4.88 Å². The number of thiophene rings is 1. The van der Waals surface area contributed by atoms with E-state index in [1.165, 1.54) is 6.08 Å². The maximum absolute atomic E-state index is 11.7. The van der Waals surface area contributed by atoms with Crippen molar-refractivity contribution in [3.05, 3.63) is 50.3 Å². The van der Waals surface area contributed by atoms with Crippen LogP contribution >= 0.6 is 11.3 Å². The fourth-order valence-corrected chi connectivity index (χ4v) is 1.96. The van der Waals surface area contributed by atoms with E-state index in [0.29, 0.717) is 11.4 Å². The van der Waals surface area contributed by atoms with E-state index in [9.17, 15) is 9.59 Å². The lowest BCUT2D eigenvalue weighted by molar-refractivity contribution is 0.104. The van der Waals surface area contributed by atoms with E-state index in [2.05, 4.69) is 9.97 Å². The number of aromatic nitrogens is 2. The molecule has 2 aromatic rings. The van der Waals surface area contributed by atoms with E-state index >= 15 is 0 Å². The molecule has 0 spiro atoms. The molecule has 5 heteroatoms. The molecule has 2 aromatic heterocycles. The smallest absolute Gasteiger partial charge is 0.310 e. The van der Waals surface area contributed by atoms with Crippen LogP contribution in [0, 0.1) is 6.92 Å². The van der Waals surface area contributed by atoms with Crippen LogP contribution in [-0.4, -0.2) is 15.8 Å². The number of ketones is 1. The number of H-pyrrole nitrogens is 2. The van der Waals surface area contributed by atoms with Crippen molar-refractivity contribution in [2.24, 2.45) is 0 Å². The van der Waals surface area contributed by atoms with Crippen LogP contribution in [0.4, 0.5) is 0 Å². The topological polar surface area (TPSA) is 65.7 Å². The van der Waals surface area contributed by atoms with Gasteiger partial charge in [-0.1, -0.05) is 6.07 Å². The van der Waals surface area contributed by atoms with Crippen molar-refractivity contribution in [2.75, 3.05) is 0 Å². The van der Waals surface area contributed by atoms with Crippen LogP contribution in [0.3, 0.4) is 0 Å². The quantitative estimate of drug-likeness (QED) is 0.630. The molecule has 0 aromatic carbocycles. The molecule has 0 fully saturated rings. The van der Waals surface area contributed by atoms with Crippen LogP contribution in [0.25, 0.3) is 6.08 Å². The third-order valence-corrected chi connectivity index (χ3v) is 2.94. The second kappa shape index (κ2) is 4.32. The van der Waals surface area contributed by atoms with Crippen LogP contribution in [0.2, 0.25) is 0 Å². The number of hydrogen-bond acceptors (Lipinski definition) is 3. The fraction of sp³-hybridized carbons (Fsp3) is 0.0909. The monoisotopic (exact) mass is 234 g/mol. The Morgan fingerprint density at radius 2 is 2.25 bits per heavy atom. The Morgan fingerprint density at radius 1 is 1.44 bits per heavy atom. The lowest BCUT2D eigenvalue weighted by atomic mass is 10.2. The number of allylic oxidation sites excluding steroid dienone is 1. The minimum absolute atomic E-state index is 0.204. The summed E-state index contributed by atoms with van der Waals surface area (Å²) in [4.78, 5) is 28.7. The molecular formula is C11H10N2O2S. The molecule has 16 heavy (non-hydrogen) atoms. The average Bonchev–Trinajstić information content (AvgIpc) is 2.84. The molecule has 82 valence electrons. The summed E-state index contributed by atoms with van der Waals surface area (Å²) < 4.78 is 0. The van der Waals surface area contributed by atoms with Gasteiger partial charge in [0.25, 0.3) is 0 Å². The zero-order valence-corrected chi connectivity index (χ0v) is 9.43. The van der Waals surface area contributed by atoms with Crippen molar-refractivity contribution >= 4 is 23.2 Å². The molecule has 4 nitrogen and oxygen atoms in total. The third-order valence-electron chi connectivity index (χ3n) is 2.10. The van der Waals surface area contributed by atoms with Gasteiger partial charge in [-0.05, 0) is 30.5 Å². The fourth-order valence-electron chi connectivity index (χ4n) is 1.34. The summed E-state index contributed by atoms with van der Waals surface area (Å²) in [5.41, 5.74) is 0.522. The van der Waals surface area contributed by atoms with Crippen LogP contribution < -0.4 is 5.69 Å². The summed E-state index contributed by atoms with van der Waals surface area (Å²) in [5, 5.41) is 1.94. The van der Waals surface area contributed by atoms with Gasteiger partial charge in [-0.3, -0.25) is 4.79 Å². The Kier molecular flexibility index (Phi) is 2.87. The first-order chi connectivity index (χ1) is 7.66. The predicted molar refractivity (Wildman–Crippen MR) is 63.8 cm³/mol. The molecule has 2 heterocycles. The molecule has 0 aliphatic heterocycles. The predicted octanol–water partition coefficient (Wildman–Crippen LogP) is 1.97. The lowest BCUT2D eigenvalue weighted by Crippen LogP contribution is -2.03. The largest absolute Gasteiger partial charge is 0.323 e.